The monoisotopic (exact) mass is 1240 g/mol. The molecule has 0 fully saturated rings. The highest BCUT2D eigenvalue weighted by molar-refractivity contribution is 7.13. The molecule has 0 saturated carbocycles. The van der Waals surface area contributed by atoms with Gasteiger partial charge in [0, 0.05) is 21.7 Å². The normalized spacial score (nSPS) is 16.1. The summed E-state index contributed by atoms with van der Waals surface area (Å²) in [5.74, 6) is -11.7. The molecular weight excluding hydrogens is 1200 g/mol. The van der Waals surface area contributed by atoms with Crippen molar-refractivity contribution in [3.63, 3.8) is 0 Å². The van der Waals surface area contributed by atoms with Crippen LogP contribution in [0.4, 0.5) is 0 Å². The Kier molecular flexibility index (Phi) is 20.0. The van der Waals surface area contributed by atoms with E-state index in [9.17, 15) is 57.8 Å². The summed E-state index contributed by atoms with van der Waals surface area (Å²) in [6, 6.07) is 0.147. The zero-order valence-corrected chi connectivity index (χ0v) is 48.1. The lowest BCUT2D eigenvalue weighted by molar-refractivity contribution is -0.134. The smallest absolute Gasteiger partial charge is 0.351 e. The summed E-state index contributed by atoms with van der Waals surface area (Å²) in [5.41, 5.74) is -4.68. The number of hydrogen-bond acceptors (Lipinski definition) is 23. The maximum Gasteiger partial charge on any atom is 0.351 e. The SMILES string of the molecule is C=C(NC(=O)C(=C)NC(=O)C(=C)NC(=O)C(=C)NC(=O)c1ccc2c(n1)-c1coc(n1)C(=C)NC(=O)C(=C)NC(=O)c1csc(n1)C(C)NC(=O)c1csc(n1)CNC(=O)c1coc(n1)/C(=C\CC)NC(=O)[C@H]([C@@H](C)O)NC(=O)c1csc-2n1)C(=O)O. The third-order valence-electron chi connectivity index (χ3n) is 11.4. The number of carbonyl (C=O) groups excluding carboxylic acids is 10. The van der Waals surface area contributed by atoms with Gasteiger partial charge in [-0.1, -0.05) is 52.5 Å². The Morgan fingerprint density at radius 3 is 1.91 bits per heavy atom. The highest BCUT2D eigenvalue weighted by Gasteiger charge is 2.31. The number of rotatable bonds is 11. The first-order chi connectivity index (χ1) is 41.2. The number of allylic oxidation sites excluding steroid dienone is 1. The molecule has 0 radical (unpaired) electrons. The minimum Gasteiger partial charge on any atom is -0.477 e. The van der Waals surface area contributed by atoms with E-state index in [2.05, 4.69) is 112 Å². The molecule has 6 aromatic rings. The Hall–Kier alpha value is -11.2. The number of pyridine rings is 1. The van der Waals surface area contributed by atoms with Crippen LogP contribution >= 0.6 is 34.0 Å². The Morgan fingerprint density at radius 2 is 1.24 bits per heavy atom. The predicted molar refractivity (Wildman–Crippen MR) is 308 cm³/mol. The topological polar surface area (TPSA) is 452 Å². The summed E-state index contributed by atoms with van der Waals surface area (Å²) in [5, 5.41) is 47.9. The highest BCUT2D eigenvalue weighted by Crippen LogP contribution is 2.34. The van der Waals surface area contributed by atoms with E-state index in [-0.39, 0.29) is 74.5 Å². The van der Waals surface area contributed by atoms with Crippen LogP contribution in [-0.4, -0.2) is 117 Å². The summed E-state index contributed by atoms with van der Waals surface area (Å²) >= 11 is 3.00. The first-order valence-corrected chi connectivity index (χ1v) is 27.5. The molecule has 1 unspecified atom stereocenters. The first kappa shape index (κ1) is 63.4. The van der Waals surface area contributed by atoms with Crippen molar-refractivity contribution >= 4 is 110 Å². The zero-order chi connectivity index (χ0) is 63.6. The Bertz CT molecular complexity index is 3970. The van der Waals surface area contributed by atoms with Crippen molar-refractivity contribution < 1.29 is 71.8 Å². The van der Waals surface area contributed by atoms with Crippen molar-refractivity contribution in [2.24, 2.45) is 0 Å². The fraction of sp³-hybridized carbons (Fsp3) is 0.151. The van der Waals surface area contributed by atoms with Gasteiger partial charge >= 0.3 is 5.97 Å². The molecule has 6 aromatic heterocycles. The summed E-state index contributed by atoms with van der Waals surface area (Å²) < 4.78 is 11.2. The lowest BCUT2D eigenvalue weighted by atomic mass is 10.1. The summed E-state index contributed by atoms with van der Waals surface area (Å²) in [6.07, 6.45) is 2.40. The molecule has 1 aliphatic rings. The number of carbonyl (C=O) groups is 11. The average Bonchev–Trinajstić information content (AvgIpc) is 2.00. The van der Waals surface area contributed by atoms with Gasteiger partial charge in [0.1, 0.15) is 79.1 Å². The van der Waals surface area contributed by atoms with Crippen LogP contribution in [0.5, 0.6) is 0 Å². The van der Waals surface area contributed by atoms with Crippen LogP contribution in [0.3, 0.4) is 0 Å². The predicted octanol–water partition coefficient (Wildman–Crippen LogP) is 1.79. The third kappa shape index (κ3) is 15.7. The number of aliphatic hydroxyl groups is 1. The second-order valence-electron chi connectivity index (χ2n) is 17.9. The van der Waals surface area contributed by atoms with Crippen molar-refractivity contribution in [3.8, 4) is 22.0 Å². The molecule has 0 spiro atoms. The molecule has 1 aliphatic heterocycles. The van der Waals surface area contributed by atoms with Crippen LogP contribution < -0.4 is 53.2 Å². The molecule has 31 nitrogen and oxygen atoms in total. The molecule has 7 rings (SSSR count). The molecule has 448 valence electrons. The number of carboxylic acids is 1. The number of carboxylic acid groups (broad SMARTS) is 1. The van der Waals surface area contributed by atoms with Gasteiger partial charge in [0.15, 0.2) is 5.69 Å². The Labute approximate surface area is 502 Å². The van der Waals surface area contributed by atoms with E-state index >= 15 is 0 Å². The number of nitrogens with zero attached hydrogens (tertiary/aromatic N) is 6. The molecular formula is C53H48N16O15S3. The van der Waals surface area contributed by atoms with Crippen LogP contribution in [0.15, 0.2) is 124 Å². The standard InChI is InChI=1S/C53H48N16O15S3/c1-10-11-30-50-66-32(16-84-50)43(75)54-14-36-62-33(17-85-36)45(77)60-25(7)51-67-34(18-86-51)46(78)58-23(5)41(73)59-24(6)49-65-31(15-83-49)38-28(52-68-35(19-87-52)47(79)69-37(27(9)70)48(80)64-30)12-13-29(63-38)44(76)57-22(4)40(72)55-20(2)39(71)56-21(3)42(74)61-26(8)53(81)82/h11-13,15-19,25,27,37,70H,2-6,8,10,14H2,1,7,9H3,(H,54,75)(H,55,72)(H,56,71)(H,57,76)(H,58,78)(H,59,73)(H,60,77)(H,61,74)(H,64,80)(H,69,79)(H,81,82)/b30-11+/t25?,27-,37+/m1/s1. The van der Waals surface area contributed by atoms with Gasteiger partial charge in [0.2, 0.25) is 17.7 Å². The van der Waals surface area contributed by atoms with E-state index in [0.29, 0.717) is 16.4 Å². The molecule has 7 heterocycles. The van der Waals surface area contributed by atoms with Gasteiger partial charge in [-0.05, 0) is 32.4 Å². The zero-order valence-electron chi connectivity index (χ0n) is 45.6. The first-order valence-electron chi connectivity index (χ1n) is 24.8. The Balaban J connectivity index is 1.16. The molecule has 3 atom stereocenters. The number of nitrogens with one attached hydrogen (secondary N) is 10. The van der Waals surface area contributed by atoms with Gasteiger partial charge in [0.25, 0.3) is 53.2 Å². The summed E-state index contributed by atoms with van der Waals surface area (Å²) in [6.45, 7) is 25.3. The van der Waals surface area contributed by atoms with E-state index in [0.717, 1.165) is 46.5 Å². The lowest BCUT2D eigenvalue weighted by Gasteiger charge is -2.20. The van der Waals surface area contributed by atoms with Gasteiger partial charge in [-0.15, -0.1) is 34.0 Å². The largest absolute Gasteiger partial charge is 0.477 e. The van der Waals surface area contributed by atoms with Gasteiger partial charge in [-0.2, -0.15) is 0 Å². The molecule has 0 saturated heterocycles. The molecule has 10 amide bonds. The van der Waals surface area contributed by atoms with Gasteiger partial charge in [-0.25, -0.2) is 34.7 Å². The Morgan fingerprint density at radius 1 is 0.667 bits per heavy atom. The van der Waals surface area contributed by atoms with Crippen molar-refractivity contribution in [2.45, 2.75) is 51.9 Å². The van der Waals surface area contributed by atoms with Crippen LogP contribution in [-0.2, 0) is 35.3 Å². The van der Waals surface area contributed by atoms with Gasteiger partial charge in [0.05, 0.1) is 47.2 Å². The van der Waals surface area contributed by atoms with E-state index < -0.39 is 117 Å². The van der Waals surface area contributed by atoms with Crippen LogP contribution in [0.2, 0.25) is 0 Å². The van der Waals surface area contributed by atoms with E-state index in [1.54, 1.807) is 13.8 Å². The fourth-order valence-corrected chi connectivity index (χ4v) is 9.30. The van der Waals surface area contributed by atoms with E-state index in [1.807, 2.05) is 10.6 Å². The average molecular weight is 1250 g/mol. The van der Waals surface area contributed by atoms with Crippen molar-refractivity contribution in [1.82, 2.24) is 83.1 Å². The molecule has 0 aromatic carbocycles. The van der Waals surface area contributed by atoms with E-state index in [1.165, 1.54) is 41.3 Å². The minimum atomic E-state index is -1.63. The number of thiazole rings is 3. The number of hydrogen-bond donors (Lipinski definition) is 12. The van der Waals surface area contributed by atoms with Crippen molar-refractivity contribution in [2.75, 3.05) is 0 Å². The van der Waals surface area contributed by atoms with Crippen LogP contribution in [0.25, 0.3) is 33.4 Å². The summed E-state index contributed by atoms with van der Waals surface area (Å²) in [4.78, 5) is 170. The second kappa shape index (κ2) is 27.4. The van der Waals surface area contributed by atoms with Gasteiger partial charge < -0.3 is 72.2 Å². The maximum atomic E-state index is 13.9. The van der Waals surface area contributed by atoms with Crippen molar-refractivity contribution in [1.29, 1.82) is 0 Å². The molecule has 34 heteroatoms. The highest BCUT2D eigenvalue weighted by atomic mass is 32.1. The van der Waals surface area contributed by atoms with E-state index in [4.69, 9.17) is 13.9 Å². The lowest BCUT2D eigenvalue weighted by Crippen LogP contribution is -2.52. The van der Waals surface area contributed by atoms with Crippen molar-refractivity contribution in [3.05, 3.63) is 165 Å². The number of aliphatic carboxylic acids is 1. The quantitative estimate of drug-likeness (QED) is 0.0823. The molecule has 87 heavy (non-hydrogen) atoms. The minimum absolute atomic E-state index is 0.0174. The number of oxazole rings is 2. The number of aromatic nitrogens is 6. The summed E-state index contributed by atoms with van der Waals surface area (Å²) in [7, 11) is 0. The molecule has 12 N–H and O–H groups in total. The number of amides is 10. The van der Waals surface area contributed by atoms with Gasteiger partial charge in [-0.3, -0.25) is 47.9 Å². The molecule has 0 aliphatic carbocycles. The second-order valence-corrected chi connectivity index (χ2v) is 20.6. The van der Waals surface area contributed by atoms with Crippen LogP contribution in [0.1, 0.15) is 107 Å². The molecule has 10 bridgehead atoms. The van der Waals surface area contributed by atoms with Crippen LogP contribution in [0, 0.1) is 0 Å². The fourth-order valence-electron chi connectivity index (χ4n) is 6.96. The third-order valence-corrected chi connectivity index (χ3v) is 14.1. The number of fused-ring (bicyclic) bond motifs is 13. The number of aliphatic hydroxyl groups excluding tert-OH is 1. The maximum absolute atomic E-state index is 13.9.